The van der Waals surface area contributed by atoms with Gasteiger partial charge in [-0.15, -0.1) is 0 Å². The van der Waals surface area contributed by atoms with Gasteiger partial charge >= 0.3 is 0 Å². The number of aryl methyl sites for hydroxylation is 1. The SMILES string of the molecule is Cc1noc(C2CCCN2C(=O)COc2ccccc2F)n1. The third-order valence-corrected chi connectivity index (χ3v) is 3.59. The third kappa shape index (κ3) is 2.93. The van der Waals surface area contributed by atoms with E-state index in [1.807, 2.05) is 0 Å². The highest BCUT2D eigenvalue weighted by Crippen LogP contribution is 2.31. The maximum atomic E-state index is 13.5. The molecule has 1 aliphatic rings. The van der Waals surface area contributed by atoms with Crippen LogP contribution in [0.5, 0.6) is 5.75 Å². The van der Waals surface area contributed by atoms with E-state index in [2.05, 4.69) is 10.1 Å². The van der Waals surface area contributed by atoms with Crippen molar-refractivity contribution in [1.29, 1.82) is 0 Å². The zero-order valence-electron chi connectivity index (χ0n) is 12.2. The molecular weight excluding hydrogens is 289 g/mol. The second-order valence-electron chi connectivity index (χ2n) is 5.14. The van der Waals surface area contributed by atoms with Gasteiger partial charge in [-0.2, -0.15) is 4.98 Å². The summed E-state index contributed by atoms with van der Waals surface area (Å²) in [5, 5.41) is 3.76. The molecule has 1 unspecified atom stereocenters. The first-order valence-corrected chi connectivity index (χ1v) is 7.12. The summed E-state index contributed by atoms with van der Waals surface area (Å²) in [6.07, 6.45) is 1.63. The minimum Gasteiger partial charge on any atom is -0.481 e. The Kier molecular flexibility index (Phi) is 4.04. The van der Waals surface area contributed by atoms with Crippen LogP contribution in [0.3, 0.4) is 0 Å². The molecule has 0 aliphatic carbocycles. The van der Waals surface area contributed by atoms with Crippen molar-refractivity contribution < 1.29 is 18.4 Å². The van der Waals surface area contributed by atoms with Crippen LogP contribution in [-0.2, 0) is 4.79 Å². The number of hydrogen-bond acceptors (Lipinski definition) is 5. The monoisotopic (exact) mass is 305 g/mol. The van der Waals surface area contributed by atoms with E-state index in [4.69, 9.17) is 9.26 Å². The Morgan fingerprint density at radius 2 is 2.32 bits per heavy atom. The average Bonchev–Trinajstić information content (AvgIpc) is 3.14. The maximum Gasteiger partial charge on any atom is 0.261 e. The van der Waals surface area contributed by atoms with E-state index >= 15 is 0 Å². The first kappa shape index (κ1) is 14.5. The summed E-state index contributed by atoms with van der Waals surface area (Å²) in [6, 6.07) is 5.78. The molecule has 22 heavy (non-hydrogen) atoms. The van der Waals surface area contributed by atoms with Crippen molar-refractivity contribution in [3.63, 3.8) is 0 Å². The number of likely N-dealkylation sites (tertiary alicyclic amines) is 1. The van der Waals surface area contributed by atoms with Crippen molar-refractivity contribution in [2.75, 3.05) is 13.2 Å². The molecule has 0 saturated carbocycles. The highest BCUT2D eigenvalue weighted by molar-refractivity contribution is 5.78. The van der Waals surface area contributed by atoms with Gasteiger partial charge in [0.05, 0.1) is 0 Å². The quantitative estimate of drug-likeness (QED) is 0.866. The largest absolute Gasteiger partial charge is 0.481 e. The first-order valence-electron chi connectivity index (χ1n) is 7.12. The molecule has 116 valence electrons. The van der Waals surface area contributed by atoms with Crippen molar-refractivity contribution in [2.45, 2.75) is 25.8 Å². The molecule has 1 fully saturated rings. The number of amides is 1. The van der Waals surface area contributed by atoms with Crippen LogP contribution in [-0.4, -0.2) is 34.1 Å². The molecule has 1 amide bonds. The molecule has 1 atom stereocenters. The number of halogens is 1. The van der Waals surface area contributed by atoms with E-state index in [1.54, 1.807) is 24.0 Å². The Balaban J connectivity index is 1.65. The van der Waals surface area contributed by atoms with Crippen LogP contribution in [0.4, 0.5) is 4.39 Å². The molecule has 0 N–H and O–H groups in total. The summed E-state index contributed by atoms with van der Waals surface area (Å²) in [7, 11) is 0. The molecule has 1 aliphatic heterocycles. The molecule has 0 bridgehead atoms. The lowest BCUT2D eigenvalue weighted by Crippen LogP contribution is -2.34. The number of aromatic nitrogens is 2. The van der Waals surface area contributed by atoms with E-state index < -0.39 is 5.82 Å². The van der Waals surface area contributed by atoms with Gasteiger partial charge in [0, 0.05) is 6.54 Å². The number of rotatable bonds is 4. The second-order valence-corrected chi connectivity index (χ2v) is 5.14. The van der Waals surface area contributed by atoms with Crippen LogP contribution in [0, 0.1) is 12.7 Å². The van der Waals surface area contributed by atoms with Gasteiger partial charge in [-0.25, -0.2) is 4.39 Å². The van der Waals surface area contributed by atoms with Crippen LogP contribution >= 0.6 is 0 Å². The van der Waals surface area contributed by atoms with Crippen molar-refractivity contribution in [2.24, 2.45) is 0 Å². The molecule has 2 heterocycles. The van der Waals surface area contributed by atoms with E-state index in [1.165, 1.54) is 12.1 Å². The zero-order chi connectivity index (χ0) is 15.5. The minimum absolute atomic E-state index is 0.0697. The Labute approximate surface area is 126 Å². The van der Waals surface area contributed by atoms with E-state index in [-0.39, 0.29) is 24.3 Å². The van der Waals surface area contributed by atoms with Gasteiger partial charge in [0.15, 0.2) is 24.0 Å². The maximum absolute atomic E-state index is 13.5. The lowest BCUT2D eigenvalue weighted by atomic mass is 10.2. The number of carbonyl (C=O) groups excluding carboxylic acids is 1. The molecule has 1 saturated heterocycles. The van der Waals surface area contributed by atoms with Crippen LogP contribution in [0.15, 0.2) is 28.8 Å². The number of ether oxygens (including phenoxy) is 1. The number of nitrogens with zero attached hydrogens (tertiary/aromatic N) is 3. The Hall–Kier alpha value is -2.44. The fourth-order valence-corrected chi connectivity index (χ4v) is 2.55. The molecule has 0 spiro atoms. The number of para-hydroxylation sites is 1. The fourth-order valence-electron chi connectivity index (χ4n) is 2.55. The Bertz CT molecular complexity index is 674. The van der Waals surface area contributed by atoms with Gasteiger partial charge in [0.2, 0.25) is 5.89 Å². The third-order valence-electron chi connectivity index (χ3n) is 3.59. The van der Waals surface area contributed by atoms with E-state index in [0.717, 1.165) is 12.8 Å². The summed E-state index contributed by atoms with van der Waals surface area (Å²) in [4.78, 5) is 18.1. The Morgan fingerprint density at radius 1 is 1.50 bits per heavy atom. The normalized spacial score (nSPS) is 17.7. The first-order chi connectivity index (χ1) is 10.6. The van der Waals surface area contributed by atoms with Crippen molar-refractivity contribution in [3.05, 3.63) is 41.8 Å². The van der Waals surface area contributed by atoms with E-state index in [0.29, 0.717) is 18.3 Å². The van der Waals surface area contributed by atoms with Crippen molar-refractivity contribution in [1.82, 2.24) is 15.0 Å². The molecule has 2 aromatic rings. The minimum atomic E-state index is -0.485. The van der Waals surface area contributed by atoms with Crippen molar-refractivity contribution in [3.8, 4) is 5.75 Å². The highest BCUT2D eigenvalue weighted by atomic mass is 19.1. The summed E-state index contributed by atoms with van der Waals surface area (Å²) in [5.74, 6) is 0.341. The summed E-state index contributed by atoms with van der Waals surface area (Å²) >= 11 is 0. The standard InChI is InChI=1S/C15H16FN3O3/c1-10-17-15(22-18-10)12-6-4-8-19(12)14(20)9-21-13-7-3-2-5-11(13)16/h2-3,5,7,12H,4,6,8-9H2,1H3. The summed E-state index contributed by atoms with van der Waals surface area (Å²) in [5.41, 5.74) is 0. The average molecular weight is 305 g/mol. The summed E-state index contributed by atoms with van der Waals surface area (Å²) < 4.78 is 23.9. The van der Waals surface area contributed by atoms with Crippen molar-refractivity contribution >= 4 is 5.91 Å². The van der Waals surface area contributed by atoms with Gasteiger partial charge < -0.3 is 14.2 Å². The Morgan fingerprint density at radius 3 is 3.05 bits per heavy atom. The topological polar surface area (TPSA) is 68.5 Å². The molecule has 0 radical (unpaired) electrons. The fraction of sp³-hybridized carbons (Fsp3) is 0.400. The highest BCUT2D eigenvalue weighted by Gasteiger charge is 2.33. The lowest BCUT2D eigenvalue weighted by molar-refractivity contribution is -0.134. The molecule has 3 rings (SSSR count). The molecule has 1 aromatic heterocycles. The van der Waals surface area contributed by atoms with Crippen LogP contribution < -0.4 is 4.74 Å². The van der Waals surface area contributed by atoms with Gasteiger partial charge in [-0.1, -0.05) is 17.3 Å². The zero-order valence-corrected chi connectivity index (χ0v) is 12.2. The summed E-state index contributed by atoms with van der Waals surface area (Å²) in [6.45, 7) is 2.12. The number of benzene rings is 1. The van der Waals surface area contributed by atoms with Gasteiger partial charge in [0.25, 0.3) is 5.91 Å². The van der Waals surface area contributed by atoms with Gasteiger partial charge in [-0.05, 0) is 31.9 Å². The molecule has 1 aromatic carbocycles. The van der Waals surface area contributed by atoms with Gasteiger partial charge in [-0.3, -0.25) is 4.79 Å². The van der Waals surface area contributed by atoms with Crippen LogP contribution in [0.25, 0.3) is 0 Å². The predicted molar refractivity (Wildman–Crippen MR) is 74.6 cm³/mol. The van der Waals surface area contributed by atoms with E-state index in [9.17, 15) is 9.18 Å². The predicted octanol–water partition coefficient (Wildman–Crippen LogP) is 2.26. The van der Waals surface area contributed by atoms with Crippen LogP contribution in [0.2, 0.25) is 0 Å². The molecule has 6 nitrogen and oxygen atoms in total. The number of carbonyl (C=O) groups is 1. The second kappa shape index (κ2) is 6.13. The molecule has 7 heteroatoms. The lowest BCUT2D eigenvalue weighted by Gasteiger charge is -2.21. The molecular formula is C15H16FN3O3. The number of hydrogen-bond donors (Lipinski definition) is 0. The smallest absolute Gasteiger partial charge is 0.261 e. The van der Waals surface area contributed by atoms with Crippen LogP contribution in [0.1, 0.15) is 30.6 Å². The van der Waals surface area contributed by atoms with Gasteiger partial charge in [0.1, 0.15) is 6.04 Å².